The fraction of sp³-hybridized carbons (Fsp3) is 0.500. The zero-order valence-corrected chi connectivity index (χ0v) is 11.6. The fourth-order valence-electron chi connectivity index (χ4n) is 3.08. The second-order valence-corrected chi connectivity index (χ2v) is 5.64. The minimum atomic E-state index is -0.178. The molecule has 1 aromatic rings. The maximum Gasteiger partial charge on any atom is 0.234 e. The molecule has 2 saturated heterocycles. The number of hydrogen-bond acceptors (Lipinski definition) is 3. The molecule has 0 bridgehead atoms. The number of benzene rings is 1. The van der Waals surface area contributed by atoms with E-state index in [4.69, 9.17) is 0 Å². The van der Waals surface area contributed by atoms with E-state index in [1.54, 1.807) is 0 Å². The van der Waals surface area contributed by atoms with Crippen LogP contribution in [0.5, 0.6) is 0 Å². The molecule has 0 aliphatic carbocycles. The van der Waals surface area contributed by atoms with E-state index < -0.39 is 0 Å². The molecule has 20 heavy (non-hydrogen) atoms. The van der Waals surface area contributed by atoms with Crippen molar-refractivity contribution >= 4 is 17.5 Å². The molecule has 0 spiro atoms. The molecule has 106 valence electrons. The molecule has 2 fully saturated rings. The van der Waals surface area contributed by atoms with Gasteiger partial charge < -0.3 is 4.90 Å². The van der Waals surface area contributed by atoms with Crippen molar-refractivity contribution < 1.29 is 9.59 Å². The van der Waals surface area contributed by atoms with Gasteiger partial charge in [0.2, 0.25) is 11.8 Å². The smallest absolute Gasteiger partial charge is 0.234 e. The van der Waals surface area contributed by atoms with Crippen LogP contribution in [-0.4, -0.2) is 24.9 Å². The first kappa shape index (κ1) is 13.2. The Morgan fingerprint density at radius 3 is 2.35 bits per heavy atom. The number of nitrogens with zero attached hydrogens (tertiary/aromatic N) is 1. The van der Waals surface area contributed by atoms with E-state index in [-0.39, 0.29) is 17.7 Å². The summed E-state index contributed by atoms with van der Waals surface area (Å²) in [6.07, 6.45) is 4.90. The van der Waals surface area contributed by atoms with Crippen molar-refractivity contribution in [3.05, 3.63) is 29.8 Å². The van der Waals surface area contributed by atoms with Crippen molar-refractivity contribution in [2.24, 2.45) is 0 Å². The summed E-state index contributed by atoms with van der Waals surface area (Å²) in [5, 5.41) is 2.42. The lowest BCUT2D eigenvalue weighted by Gasteiger charge is -2.29. The molecule has 1 N–H and O–H groups in total. The summed E-state index contributed by atoms with van der Waals surface area (Å²) >= 11 is 0. The maximum absolute atomic E-state index is 11.8. The predicted octanol–water partition coefficient (Wildman–Crippen LogP) is 2.20. The van der Waals surface area contributed by atoms with E-state index in [0.717, 1.165) is 18.7 Å². The standard InChI is InChI=1S/C16H20N2O2/c19-15-9-8-14(16(20)17-15)12-4-6-13(7-5-12)18-10-2-1-3-11-18/h4-7,14H,1-3,8-11H2,(H,17,19,20)/t14-/m1/s1. The fourth-order valence-corrected chi connectivity index (χ4v) is 3.08. The summed E-state index contributed by atoms with van der Waals surface area (Å²) in [6.45, 7) is 2.25. The summed E-state index contributed by atoms with van der Waals surface area (Å²) in [5.74, 6) is -0.494. The zero-order valence-electron chi connectivity index (χ0n) is 11.6. The molecule has 0 aromatic heterocycles. The normalized spacial score (nSPS) is 23.6. The maximum atomic E-state index is 11.8. The van der Waals surface area contributed by atoms with Gasteiger partial charge >= 0.3 is 0 Å². The third-order valence-electron chi connectivity index (χ3n) is 4.26. The molecule has 0 radical (unpaired) electrons. The number of hydrogen-bond donors (Lipinski definition) is 1. The lowest BCUT2D eigenvalue weighted by molar-refractivity contribution is -0.134. The highest BCUT2D eigenvalue weighted by molar-refractivity contribution is 6.00. The molecule has 2 aliphatic rings. The first-order valence-corrected chi connectivity index (χ1v) is 7.42. The highest BCUT2D eigenvalue weighted by Crippen LogP contribution is 2.27. The average Bonchev–Trinajstić information content (AvgIpc) is 2.48. The average molecular weight is 272 g/mol. The minimum Gasteiger partial charge on any atom is -0.372 e. The van der Waals surface area contributed by atoms with Crippen LogP contribution in [0.2, 0.25) is 0 Å². The first-order valence-electron chi connectivity index (χ1n) is 7.42. The molecule has 0 saturated carbocycles. The lowest BCUT2D eigenvalue weighted by atomic mass is 9.90. The molecule has 1 atom stereocenters. The third-order valence-corrected chi connectivity index (χ3v) is 4.26. The van der Waals surface area contributed by atoms with Crippen molar-refractivity contribution in [1.82, 2.24) is 5.32 Å². The monoisotopic (exact) mass is 272 g/mol. The van der Waals surface area contributed by atoms with Crippen LogP contribution in [-0.2, 0) is 9.59 Å². The zero-order chi connectivity index (χ0) is 13.9. The van der Waals surface area contributed by atoms with Gasteiger partial charge in [-0.3, -0.25) is 14.9 Å². The number of piperidine rings is 2. The number of carbonyl (C=O) groups is 2. The van der Waals surface area contributed by atoms with Gasteiger partial charge in [-0.25, -0.2) is 0 Å². The van der Waals surface area contributed by atoms with Crippen LogP contribution in [0.1, 0.15) is 43.6 Å². The van der Waals surface area contributed by atoms with Gasteiger partial charge in [-0.05, 0) is 43.4 Å². The van der Waals surface area contributed by atoms with Gasteiger partial charge in [0.15, 0.2) is 0 Å². The number of imide groups is 1. The number of nitrogens with one attached hydrogen (secondary N) is 1. The van der Waals surface area contributed by atoms with Crippen LogP contribution in [0, 0.1) is 0 Å². The number of anilines is 1. The Labute approximate surface area is 119 Å². The van der Waals surface area contributed by atoms with Crippen LogP contribution in [0.15, 0.2) is 24.3 Å². The van der Waals surface area contributed by atoms with Gasteiger partial charge in [0.05, 0.1) is 5.92 Å². The van der Waals surface area contributed by atoms with Crippen molar-refractivity contribution in [2.75, 3.05) is 18.0 Å². The van der Waals surface area contributed by atoms with Gasteiger partial charge in [0.1, 0.15) is 0 Å². The largest absolute Gasteiger partial charge is 0.372 e. The Balaban J connectivity index is 1.72. The molecule has 1 aromatic carbocycles. The van der Waals surface area contributed by atoms with Crippen LogP contribution >= 0.6 is 0 Å². The van der Waals surface area contributed by atoms with Gasteiger partial charge in [-0.15, -0.1) is 0 Å². The molecular formula is C16H20N2O2. The number of amides is 2. The van der Waals surface area contributed by atoms with Crippen molar-refractivity contribution in [1.29, 1.82) is 0 Å². The van der Waals surface area contributed by atoms with E-state index in [0.29, 0.717) is 12.8 Å². The van der Waals surface area contributed by atoms with Gasteiger partial charge in [0.25, 0.3) is 0 Å². The van der Waals surface area contributed by atoms with Crippen molar-refractivity contribution in [3.8, 4) is 0 Å². The predicted molar refractivity (Wildman–Crippen MR) is 77.6 cm³/mol. The van der Waals surface area contributed by atoms with E-state index in [1.807, 2.05) is 12.1 Å². The minimum absolute atomic E-state index is 0.156. The van der Waals surface area contributed by atoms with Crippen LogP contribution in [0.25, 0.3) is 0 Å². The number of carbonyl (C=O) groups excluding carboxylic acids is 2. The van der Waals surface area contributed by atoms with Crippen LogP contribution in [0.3, 0.4) is 0 Å². The molecule has 3 rings (SSSR count). The van der Waals surface area contributed by atoms with E-state index in [1.165, 1.54) is 24.9 Å². The van der Waals surface area contributed by atoms with E-state index >= 15 is 0 Å². The van der Waals surface area contributed by atoms with Gasteiger partial charge in [-0.1, -0.05) is 12.1 Å². The second kappa shape index (κ2) is 5.65. The third kappa shape index (κ3) is 2.69. The van der Waals surface area contributed by atoms with E-state index in [9.17, 15) is 9.59 Å². The Hall–Kier alpha value is -1.84. The van der Waals surface area contributed by atoms with Crippen LogP contribution < -0.4 is 10.2 Å². The van der Waals surface area contributed by atoms with Gasteiger partial charge in [0, 0.05) is 25.2 Å². The summed E-state index contributed by atoms with van der Waals surface area (Å²) in [4.78, 5) is 25.4. The Morgan fingerprint density at radius 1 is 1.00 bits per heavy atom. The highest BCUT2D eigenvalue weighted by Gasteiger charge is 2.27. The Morgan fingerprint density at radius 2 is 1.70 bits per heavy atom. The number of rotatable bonds is 2. The Bertz CT molecular complexity index is 504. The molecule has 4 nitrogen and oxygen atoms in total. The Kier molecular flexibility index (Phi) is 3.72. The molecule has 2 heterocycles. The van der Waals surface area contributed by atoms with Crippen molar-refractivity contribution in [2.45, 2.75) is 38.0 Å². The highest BCUT2D eigenvalue weighted by atomic mass is 16.2. The summed E-state index contributed by atoms with van der Waals surface area (Å²) < 4.78 is 0. The SMILES string of the molecule is O=C1CC[C@H](c2ccc(N3CCCCC3)cc2)C(=O)N1. The quantitative estimate of drug-likeness (QED) is 0.840. The summed E-state index contributed by atoms with van der Waals surface area (Å²) in [7, 11) is 0. The summed E-state index contributed by atoms with van der Waals surface area (Å²) in [5.41, 5.74) is 2.25. The summed E-state index contributed by atoms with van der Waals surface area (Å²) in [6, 6.07) is 8.27. The van der Waals surface area contributed by atoms with E-state index in [2.05, 4.69) is 22.3 Å². The molecule has 0 unspecified atom stereocenters. The lowest BCUT2D eigenvalue weighted by Crippen LogP contribution is -2.39. The van der Waals surface area contributed by atoms with Crippen LogP contribution in [0.4, 0.5) is 5.69 Å². The first-order chi connectivity index (χ1) is 9.74. The topological polar surface area (TPSA) is 49.4 Å². The van der Waals surface area contributed by atoms with Crippen molar-refractivity contribution in [3.63, 3.8) is 0 Å². The molecular weight excluding hydrogens is 252 g/mol. The van der Waals surface area contributed by atoms with Gasteiger partial charge in [-0.2, -0.15) is 0 Å². The second-order valence-electron chi connectivity index (χ2n) is 5.64. The molecule has 4 heteroatoms. The molecule has 2 amide bonds. The molecule has 2 aliphatic heterocycles.